The lowest BCUT2D eigenvalue weighted by atomic mass is 9.83. The van der Waals surface area contributed by atoms with Crippen LogP contribution in [0.3, 0.4) is 0 Å². The van der Waals surface area contributed by atoms with Crippen LogP contribution < -0.4 is 11.1 Å². The number of nitrogens with two attached hydrogens (primary N) is 1. The summed E-state index contributed by atoms with van der Waals surface area (Å²) in [6.07, 6.45) is 9.69. The van der Waals surface area contributed by atoms with Crippen molar-refractivity contribution in [3.05, 3.63) is 0 Å². The fourth-order valence-electron chi connectivity index (χ4n) is 3.13. The van der Waals surface area contributed by atoms with Crippen molar-refractivity contribution in [2.75, 3.05) is 13.1 Å². The van der Waals surface area contributed by atoms with Crippen molar-refractivity contribution < 1.29 is 0 Å². The molecule has 0 aliphatic heterocycles. The van der Waals surface area contributed by atoms with E-state index < -0.39 is 0 Å². The van der Waals surface area contributed by atoms with Crippen LogP contribution in [0.4, 0.5) is 0 Å². The molecule has 0 saturated heterocycles. The first-order valence-corrected chi connectivity index (χ1v) is 6.69. The average molecular weight is 210 g/mol. The van der Waals surface area contributed by atoms with Crippen LogP contribution in [0.2, 0.25) is 0 Å². The maximum absolute atomic E-state index is 5.93. The molecule has 2 heteroatoms. The first-order chi connectivity index (χ1) is 7.24. The molecule has 0 spiro atoms. The molecule has 2 saturated carbocycles. The molecule has 15 heavy (non-hydrogen) atoms. The molecular formula is C13H26N2. The Hall–Kier alpha value is -0.0800. The van der Waals surface area contributed by atoms with Gasteiger partial charge in [-0.2, -0.15) is 0 Å². The average Bonchev–Trinajstić information content (AvgIpc) is 2.53. The fraction of sp³-hybridized carbons (Fsp3) is 1.00. The van der Waals surface area contributed by atoms with Gasteiger partial charge in [0.15, 0.2) is 0 Å². The van der Waals surface area contributed by atoms with Gasteiger partial charge >= 0.3 is 0 Å². The molecule has 0 radical (unpaired) electrons. The molecule has 88 valence electrons. The number of rotatable bonds is 5. The maximum Gasteiger partial charge on any atom is 0.0306 e. The summed E-state index contributed by atoms with van der Waals surface area (Å²) in [5.41, 5.74) is 6.23. The smallest absolute Gasteiger partial charge is 0.0306 e. The van der Waals surface area contributed by atoms with Crippen LogP contribution in [-0.2, 0) is 0 Å². The van der Waals surface area contributed by atoms with E-state index in [9.17, 15) is 0 Å². The third-order valence-electron chi connectivity index (χ3n) is 4.52. The number of nitrogens with one attached hydrogen (secondary N) is 1. The van der Waals surface area contributed by atoms with Gasteiger partial charge in [0.1, 0.15) is 0 Å². The second kappa shape index (κ2) is 4.84. The molecule has 0 amide bonds. The molecule has 0 aromatic rings. The number of hydrogen-bond acceptors (Lipinski definition) is 2. The molecule has 2 aliphatic carbocycles. The van der Waals surface area contributed by atoms with E-state index in [-0.39, 0.29) is 0 Å². The summed E-state index contributed by atoms with van der Waals surface area (Å²) < 4.78 is 0. The molecule has 2 unspecified atom stereocenters. The Labute approximate surface area is 94.0 Å². The Morgan fingerprint density at radius 3 is 2.60 bits per heavy atom. The minimum Gasteiger partial charge on any atom is -0.329 e. The van der Waals surface area contributed by atoms with Gasteiger partial charge in [0.05, 0.1) is 0 Å². The summed E-state index contributed by atoms with van der Waals surface area (Å²) in [6, 6.07) is 0. The predicted molar refractivity (Wildman–Crippen MR) is 64.8 cm³/mol. The number of hydrogen-bond donors (Lipinski definition) is 2. The molecule has 0 bridgehead atoms. The molecule has 0 aromatic carbocycles. The lowest BCUT2D eigenvalue weighted by molar-refractivity contribution is 0.263. The Morgan fingerprint density at radius 2 is 2.13 bits per heavy atom. The molecular weight excluding hydrogens is 184 g/mol. The second-order valence-electron chi connectivity index (χ2n) is 5.84. The van der Waals surface area contributed by atoms with Crippen LogP contribution in [0.15, 0.2) is 0 Å². The molecule has 2 aliphatic rings. The van der Waals surface area contributed by atoms with Crippen LogP contribution >= 0.6 is 0 Å². The van der Waals surface area contributed by atoms with Gasteiger partial charge in [-0.05, 0) is 44.1 Å². The van der Waals surface area contributed by atoms with E-state index in [0.29, 0.717) is 5.54 Å². The van der Waals surface area contributed by atoms with Crippen molar-refractivity contribution in [2.45, 2.75) is 57.4 Å². The SMILES string of the molecule is CC1CCC(CN)(NCCC2CCC2)C1. The summed E-state index contributed by atoms with van der Waals surface area (Å²) in [5, 5.41) is 3.75. The molecule has 0 heterocycles. The molecule has 3 N–H and O–H groups in total. The van der Waals surface area contributed by atoms with E-state index in [1.165, 1.54) is 51.5 Å². The van der Waals surface area contributed by atoms with E-state index in [1.54, 1.807) is 0 Å². The fourth-order valence-corrected chi connectivity index (χ4v) is 3.13. The van der Waals surface area contributed by atoms with Crippen molar-refractivity contribution in [2.24, 2.45) is 17.6 Å². The van der Waals surface area contributed by atoms with E-state index in [4.69, 9.17) is 5.73 Å². The van der Waals surface area contributed by atoms with Gasteiger partial charge in [-0.1, -0.05) is 26.2 Å². The highest BCUT2D eigenvalue weighted by atomic mass is 15.0. The second-order valence-corrected chi connectivity index (χ2v) is 5.84. The van der Waals surface area contributed by atoms with E-state index in [0.717, 1.165) is 18.4 Å². The molecule has 2 atom stereocenters. The van der Waals surface area contributed by atoms with Crippen molar-refractivity contribution >= 4 is 0 Å². The van der Waals surface area contributed by atoms with Crippen molar-refractivity contribution in [1.29, 1.82) is 0 Å². The Bertz CT molecular complexity index is 201. The highest BCUT2D eigenvalue weighted by molar-refractivity contribution is 4.96. The van der Waals surface area contributed by atoms with Gasteiger partial charge in [0.25, 0.3) is 0 Å². The monoisotopic (exact) mass is 210 g/mol. The predicted octanol–water partition coefficient (Wildman–Crippen LogP) is 2.28. The normalized spacial score (nSPS) is 36.8. The maximum atomic E-state index is 5.93. The molecule has 0 aromatic heterocycles. The zero-order valence-electron chi connectivity index (χ0n) is 10.1. The van der Waals surface area contributed by atoms with Gasteiger partial charge in [-0.25, -0.2) is 0 Å². The topological polar surface area (TPSA) is 38.0 Å². The van der Waals surface area contributed by atoms with Crippen molar-refractivity contribution in [3.8, 4) is 0 Å². The zero-order valence-corrected chi connectivity index (χ0v) is 10.1. The van der Waals surface area contributed by atoms with E-state index in [1.807, 2.05) is 0 Å². The van der Waals surface area contributed by atoms with Gasteiger partial charge < -0.3 is 11.1 Å². The quantitative estimate of drug-likeness (QED) is 0.730. The first-order valence-electron chi connectivity index (χ1n) is 6.69. The minimum atomic E-state index is 0.295. The molecule has 2 rings (SSSR count). The Balaban J connectivity index is 1.70. The lowest BCUT2D eigenvalue weighted by Crippen LogP contribution is -2.49. The Morgan fingerprint density at radius 1 is 1.33 bits per heavy atom. The summed E-state index contributed by atoms with van der Waals surface area (Å²) in [4.78, 5) is 0. The first kappa shape index (κ1) is 11.4. The standard InChI is InChI=1S/C13H26N2/c1-11-5-7-13(9-11,10-14)15-8-6-12-3-2-4-12/h11-12,15H,2-10,14H2,1H3. The lowest BCUT2D eigenvalue weighted by Gasteiger charge is -2.32. The third-order valence-corrected chi connectivity index (χ3v) is 4.52. The van der Waals surface area contributed by atoms with Crippen molar-refractivity contribution in [3.63, 3.8) is 0 Å². The largest absolute Gasteiger partial charge is 0.329 e. The van der Waals surface area contributed by atoms with Crippen LogP contribution in [0.25, 0.3) is 0 Å². The van der Waals surface area contributed by atoms with Crippen LogP contribution in [-0.4, -0.2) is 18.6 Å². The van der Waals surface area contributed by atoms with Crippen molar-refractivity contribution in [1.82, 2.24) is 5.32 Å². The van der Waals surface area contributed by atoms with Gasteiger partial charge in [0, 0.05) is 12.1 Å². The Kier molecular flexibility index (Phi) is 3.68. The highest BCUT2D eigenvalue weighted by Crippen LogP contribution is 2.34. The van der Waals surface area contributed by atoms with Gasteiger partial charge in [-0.3, -0.25) is 0 Å². The summed E-state index contributed by atoms with van der Waals surface area (Å²) >= 11 is 0. The molecule has 2 nitrogen and oxygen atoms in total. The molecule has 2 fully saturated rings. The zero-order chi connectivity index (χ0) is 10.7. The van der Waals surface area contributed by atoms with E-state index >= 15 is 0 Å². The summed E-state index contributed by atoms with van der Waals surface area (Å²) in [6.45, 7) is 4.36. The van der Waals surface area contributed by atoms with Gasteiger partial charge in [-0.15, -0.1) is 0 Å². The third kappa shape index (κ3) is 2.73. The summed E-state index contributed by atoms with van der Waals surface area (Å²) in [5.74, 6) is 1.89. The summed E-state index contributed by atoms with van der Waals surface area (Å²) in [7, 11) is 0. The highest BCUT2D eigenvalue weighted by Gasteiger charge is 2.35. The van der Waals surface area contributed by atoms with E-state index in [2.05, 4.69) is 12.2 Å². The van der Waals surface area contributed by atoms with Crippen LogP contribution in [0, 0.1) is 11.8 Å². The minimum absolute atomic E-state index is 0.295. The van der Waals surface area contributed by atoms with Crippen LogP contribution in [0.5, 0.6) is 0 Å². The van der Waals surface area contributed by atoms with Gasteiger partial charge in [0.2, 0.25) is 0 Å². The van der Waals surface area contributed by atoms with Crippen LogP contribution in [0.1, 0.15) is 51.9 Å².